The van der Waals surface area contributed by atoms with Crippen LogP contribution in [0, 0.1) is 0 Å². The molecule has 0 radical (unpaired) electrons. The van der Waals surface area contributed by atoms with Gasteiger partial charge in [-0.2, -0.15) is 0 Å². The summed E-state index contributed by atoms with van der Waals surface area (Å²) in [5, 5.41) is 12.6. The van der Waals surface area contributed by atoms with Crippen molar-refractivity contribution < 1.29 is 14.6 Å². The van der Waals surface area contributed by atoms with Crippen molar-refractivity contribution in [1.82, 2.24) is 5.32 Å². The second kappa shape index (κ2) is 6.91. The first-order chi connectivity index (χ1) is 8.78. The Morgan fingerprint density at radius 3 is 2.74 bits per heavy atom. The van der Waals surface area contributed by atoms with E-state index in [0.29, 0.717) is 6.42 Å². The fourth-order valence-corrected chi connectivity index (χ4v) is 1.90. The van der Waals surface area contributed by atoms with Gasteiger partial charge in [0.25, 0.3) is 0 Å². The molecule has 4 nitrogen and oxygen atoms in total. The molecule has 1 amide bonds. The summed E-state index contributed by atoms with van der Waals surface area (Å²) in [6.45, 7) is 5.81. The third-order valence-corrected chi connectivity index (χ3v) is 2.83. The molecule has 1 aromatic carbocycles. The molecule has 1 atom stereocenters. The van der Waals surface area contributed by atoms with Crippen LogP contribution in [0.15, 0.2) is 28.7 Å². The number of hydrogen-bond donors (Lipinski definition) is 2. The predicted octanol–water partition coefficient (Wildman–Crippen LogP) is 3.40. The van der Waals surface area contributed by atoms with E-state index in [1.165, 1.54) is 0 Å². The Morgan fingerprint density at radius 1 is 1.47 bits per heavy atom. The van der Waals surface area contributed by atoms with E-state index in [2.05, 4.69) is 21.2 Å². The van der Waals surface area contributed by atoms with Gasteiger partial charge in [-0.25, -0.2) is 4.79 Å². The lowest BCUT2D eigenvalue weighted by molar-refractivity contribution is 0.101. The van der Waals surface area contributed by atoms with Crippen LogP contribution in [0.3, 0.4) is 0 Å². The van der Waals surface area contributed by atoms with Gasteiger partial charge in [0.2, 0.25) is 0 Å². The fourth-order valence-electron chi connectivity index (χ4n) is 1.49. The van der Waals surface area contributed by atoms with E-state index >= 15 is 0 Å². The van der Waals surface area contributed by atoms with Crippen molar-refractivity contribution in [3.63, 3.8) is 0 Å². The fraction of sp³-hybridized carbons (Fsp3) is 0.500. The Morgan fingerprint density at radius 2 is 2.16 bits per heavy atom. The summed E-state index contributed by atoms with van der Waals surface area (Å²) in [5.41, 5.74) is 0.481. The largest absolute Gasteiger partial charge is 0.449 e. The van der Waals surface area contributed by atoms with Crippen molar-refractivity contribution in [2.45, 2.75) is 38.8 Å². The number of rotatable bonds is 4. The Bertz CT molecular complexity index is 429. The zero-order valence-corrected chi connectivity index (χ0v) is 13.0. The Hall–Kier alpha value is -1.07. The second-order valence-corrected chi connectivity index (χ2v) is 6.29. The van der Waals surface area contributed by atoms with Gasteiger partial charge in [0, 0.05) is 16.4 Å². The molecule has 2 N–H and O–H groups in total. The predicted molar refractivity (Wildman–Crippen MR) is 78.0 cm³/mol. The maximum Gasteiger partial charge on any atom is 0.407 e. The van der Waals surface area contributed by atoms with Gasteiger partial charge in [-0.05, 0) is 38.5 Å². The number of carbonyl (C=O) groups is 1. The van der Waals surface area contributed by atoms with Gasteiger partial charge < -0.3 is 15.2 Å². The van der Waals surface area contributed by atoms with Crippen LogP contribution < -0.4 is 5.32 Å². The van der Waals surface area contributed by atoms with Gasteiger partial charge in [-0.3, -0.25) is 0 Å². The molecule has 0 spiro atoms. The molecular weight excluding hydrogens is 310 g/mol. The van der Waals surface area contributed by atoms with Crippen LogP contribution in [0.5, 0.6) is 0 Å². The van der Waals surface area contributed by atoms with Crippen LogP contribution in [-0.4, -0.2) is 23.3 Å². The molecule has 0 saturated heterocycles. The summed E-state index contributed by atoms with van der Waals surface area (Å²) in [7, 11) is 0. The summed E-state index contributed by atoms with van der Waals surface area (Å²) in [5.74, 6) is 0. The lowest BCUT2D eigenvalue weighted by Gasteiger charge is -2.20. The minimum Gasteiger partial charge on any atom is -0.449 e. The normalized spacial score (nSPS) is 12.9. The van der Waals surface area contributed by atoms with Crippen molar-refractivity contribution >= 4 is 22.0 Å². The standard InChI is InChI=1S/C14H20BrNO3/c1-14(2,3)16-13(18)19-8-7-12(17)10-5-4-6-11(15)9-10/h4-6,9,12,17H,7-8H2,1-3H3,(H,16,18). The molecule has 106 valence electrons. The smallest absolute Gasteiger partial charge is 0.407 e. The first kappa shape index (κ1) is 16.0. The van der Waals surface area contributed by atoms with Crippen LogP contribution in [0.4, 0.5) is 4.79 Å². The van der Waals surface area contributed by atoms with Gasteiger partial charge in [-0.1, -0.05) is 28.1 Å². The lowest BCUT2D eigenvalue weighted by Crippen LogP contribution is -2.41. The zero-order valence-electron chi connectivity index (χ0n) is 11.4. The maximum atomic E-state index is 11.4. The minimum atomic E-state index is -0.639. The van der Waals surface area contributed by atoms with Gasteiger partial charge >= 0.3 is 6.09 Å². The zero-order chi connectivity index (χ0) is 14.5. The molecule has 19 heavy (non-hydrogen) atoms. The van der Waals surface area contributed by atoms with Gasteiger partial charge in [0.15, 0.2) is 0 Å². The Kier molecular flexibility index (Phi) is 5.82. The Balaban J connectivity index is 2.35. The molecule has 0 bridgehead atoms. The highest BCUT2D eigenvalue weighted by Gasteiger charge is 2.15. The number of alkyl carbamates (subject to hydrolysis) is 1. The summed E-state index contributed by atoms with van der Waals surface area (Å²) in [6.07, 6.45) is -0.734. The summed E-state index contributed by atoms with van der Waals surface area (Å²) in [6, 6.07) is 7.43. The number of nitrogens with one attached hydrogen (secondary N) is 1. The van der Waals surface area contributed by atoms with E-state index in [1.807, 2.05) is 45.0 Å². The number of ether oxygens (including phenoxy) is 1. The molecule has 1 unspecified atom stereocenters. The molecule has 0 aliphatic carbocycles. The molecular formula is C14H20BrNO3. The number of halogens is 1. The first-order valence-electron chi connectivity index (χ1n) is 6.16. The molecule has 5 heteroatoms. The molecule has 1 aromatic rings. The van der Waals surface area contributed by atoms with Crippen LogP contribution in [0.2, 0.25) is 0 Å². The van der Waals surface area contributed by atoms with E-state index in [0.717, 1.165) is 10.0 Å². The van der Waals surface area contributed by atoms with Crippen molar-refractivity contribution in [3.8, 4) is 0 Å². The first-order valence-corrected chi connectivity index (χ1v) is 6.96. The van der Waals surface area contributed by atoms with E-state index in [9.17, 15) is 9.90 Å². The Labute approximate surface area is 122 Å². The maximum absolute atomic E-state index is 11.4. The molecule has 0 saturated carbocycles. The third kappa shape index (κ3) is 6.59. The van der Waals surface area contributed by atoms with Crippen LogP contribution in [0.1, 0.15) is 38.9 Å². The van der Waals surface area contributed by atoms with Crippen molar-refractivity contribution in [3.05, 3.63) is 34.3 Å². The van der Waals surface area contributed by atoms with Crippen LogP contribution >= 0.6 is 15.9 Å². The highest BCUT2D eigenvalue weighted by molar-refractivity contribution is 9.10. The van der Waals surface area contributed by atoms with Gasteiger partial charge in [-0.15, -0.1) is 0 Å². The summed E-state index contributed by atoms with van der Waals surface area (Å²) < 4.78 is 5.93. The van der Waals surface area contributed by atoms with E-state index < -0.39 is 12.2 Å². The van der Waals surface area contributed by atoms with Crippen molar-refractivity contribution in [2.24, 2.45) is 0 Å². The molecule has 0 aliphatic rings. The van der Waals surface area contributed by atoms with Crippen LogP contribution in [0.25, 0.3) is 0 Å². The monoisotopic (exact) mass is 329 g/mol. The number of carbonyl (C=O) groups excluding carboxylic acids is 1. The van der Waals surface area contributed by atoms with Crippen molar-refractivity contribution in [2.75, 3.05) is 6.61 Å². The number of hydrogen-bond acceptors (Lipinski definition) is 3. The molecule has 0 fully saturated rings. The van der Waals surface area contributed by atoms with E-state index in [4.69, 9.17) is 4.74 Å². The van der Waals surface area contributed by atoms with Crippen molar-refractivity contribution in [1.29, 1.82) is 0 Å². The second-order valence-electron chi connectivity index (χ2n) is 5.37. The number of benzene rings is 1. The quantitative estimate of drug-likeness (QED) is 0.890. The molecule has 0 heterocycles. The topological polar surface area (TPSA) is 58.6 Å². The SMILES string of the molecule is CC(C)(C)NC(=O)OCCC(O)c1cccc(Br)c1. The third-order valence-electron chi connectivity index (χ3n) is 2.33. The highest BCUT2D eigenvalue weighted by Crippen LogP contribution is 2.20. The van der Waals surface area contributed by atoms with E-state index in [1.54, 1.807) is 0 Å². The average Bonchev–Trinajstić information content (AvgIpc) is 2.26. The highest BCUT2D eigenvalue weighted by atomic mass is 79.9. The number of aliphatic hydroxyl groups excluding tert-OH is 1. The number of aliphatic hydroxyl groups is 1. The molecule has 1 rings (SSSR count). The molecule has 0 aromatic heterocycles. The summed E-state index contributed by atoms with van der Waals surface area (Å²) >= 11 is 3.35. The number of amides is 1. The average molecular weight is 330 g/mol. The van der Waals surface area contributed by atoms with Crippen LogP contribution in [-0.2, 0) is 4.74 Å². The van der Waals surface area contributed by atoms with Gasteiger partial charge in [0.05, 0.1) is 12.7 Å². The summed E-state index contributed by atoms with van der Waals surface area (Å²) in [4.78, 5) is 11.4. The minimum absolute atomic E-state index is 0.176. The lowest BCUT2D eigenvalue weighted by atomic mass is 10.1. The van der Waals surface area contributed by atoms with Gasteiger partial charge in [0.1, 0.15) is 0 Å². The van der Waals surface area contributed by atoms with E-state index in [-0.39, 0.29) is 12.1 Å². The molecule has 0 aliphatic heterocycles.